The molecule has 1 aliphatic heterocycles. The average molecular weight is 251 g/mol. The van der Waals surface area contributed by atoms with E-state index in [1.54, 1.807) is 0 Å². The highest BCUT2D eigenvalue weighted by atomic mass is 32.3. The molecule has 1 unspecified atom stereocenters. The summed E-state index contributed by atoms with van der Waals surface area (Å²) in [6.45, 7) is 4.60. The summed E-state index contributed by atoms with van der Waals surface area (Å²) < 4.78 is 34.1. The van der Waals surface area contributed by atoms with E-state index in [1.807, 2.05) is 13.8 Å². The quantitative estimate of drug-likeness (QED) is 0.692. The second kappa shape index (κ2) is 5.12. The van der Waals surface area contributed by atoms with Crippen LogP contribution in [0.5, 0.6) is 0 Å². The molecule has 1 heterocycles. The van der Waals surface area contributed by atoms with Crippen molar-refractivity contribution < 1.29 is 17.1 Å². The lowest BCUT2D eigenvalue weighted by Crippen LogP contribution is -2.32. The van der Waals surface area contributed by atoms with Gasteiger partial charge in [0.25, 0.3) is 0 Å². The van der Waals surface area contributed by atoms with E-state index in [0.29, 0.717) is 12.5 Å². The van der Waals surface area contributed by atoms with Crippen molar-refractivity contribution in [1.82, 2.24) is 4.90 Å². The van der Waals surface area contributed by atoms with Crippen LogP contribution < -0.4 is 0 Å². The maximum Gasteiger partial charge on any atom is 0.307 e. The summed E-state index contributed by atoms with van der Waals surface area (Å²) in [5, 5.41) is -1.16. The number of hydrogen-bond acceptors (Lipinski definition) is 3. The molecule has 0 radical (unpaired) electrons. The van der Waals surface area contributed by atoms with Gasteiger partial charge in [0.1, 0.15) is 5.25 Å². The SMILES string of the molecule is CCC(CC)CN1CC(S(=O)(=O)F)CC1=O. The van der Waals surface area contributed by atoms with Crippen molar-refractivity contribution in [2.75, 3.05) is 13.1 Å². The summed E-state index contributed by atoms with van der Waals surface area (Å²) in [6.07, 6.45) is 1.67. The van der Waals surface area contributed by atoms with Gasteiger partial charge in [0, 0.05) is 19.5 Å². The van der Waals surface area contributed by atoms with Crippen LogP contribution in [0.1, 0.15) is 33.1 Å². The minimum atomic E-state index is -4.58. The van der Waals surface area contributed by atoms with Crippen LogP contribution in [0.3, 0.4) is 0 Å². The highest BCUT2D eigenvalue weighted by Gasteiger charge is 2.38. The van der Waals surface area contributed by atoms with E-state index in [2.05, 4.69) is 0 Å². The maximum atomic E-state index is 12.7. The number of carbonyl (C=O) groups excluding carboxylic acids is 1. The molecule has 0 aliphatic carbocycles. The third kappa shape index (κ3) is 3.17. The van der Waals surface area contributed by atoms with E-state index in [9.17, 15) is 17.1 Å². The minimum Gasteiger partial charge on any atom is -0.341 e. The zero-order chi connectivity index (χ0) is 12.3. The Morgan fingerprint density at radius 2 is 2.00 bits per heavy atom. The van der Waals surface area contributed by atoms with Gasteiger partial charge in [-0.2, -0.15) is 8.42 Å². The Morgan fingerprint density at radius 1 is 1.44 bits per heavy atom. The first kappa shape index (κ1) is 13.4. The Balaban J connectivity index is 2.62. The molecule has 1 fully saturated rings. The fraction of sp³-hybridized carbons (Fsp3) is 0.900. The summed E-state index contributed by atoms with van der Waals surface area (Å²) >= 11 is 0. The molecule has 1 atom stereocenters. The van der Waals surface area contributed by atoms with Crippen LogP contribution in [0.15, 0.2) is 0 Å². The van der Waals surface area contributed by atoms with E-state index >= 15 is 0 Å². The second-order valence-electron chi connectivity index (χ2n) is 4.28. The Labute approximate surface area is 96.0 Å². The molecule has 1 saturated heterocycles. The van der Waals surface area contributed by atoms with Gasteiger partial charge in [-0.15, -0.1) is 3.89 Å². The highest BCUT2D eigenvalue weighted by Crippen LogP contribution is 2.22. The highest BCUT2D eigenvalue weighted by molar-refractivity contribution is 7.87. The van der Waals surface area contributed by atoms with E-state index < -0.39 is 15.5 Å². The number of hydrogen-bond donors (Lipinski definition) is 0. The molecule has 1 rings (SSSR count). The molecule has 0 N–H and O–H groups in total. The summed E-state index contributed by atoms with van der Waals surface area (Å²) in [7, 11) is -4.58. The third-order valence-corrected chi connectivity index (χ3v) is 4.32. The lowest BCUT2D eigenvalue weighted by molar-refractivity contribution is -0.128. The van der Waals surface area contributed by atoms with Gasteiger partial charge in [-0.05, 0) is 5.92 Å². The normalized spacial score (nSPS) is 22.1. The van der Waals surface area contributed by atoms with Crippen LogP contribution >= 0.6 is 0 Å². The second-order valence-corrected chi connectivity index (χ2v) is 5.90. The molecular weight excluding hydrogens is 233 g/mol. The van der Waals surface area contributed by atoms with Crippen molar-refractivity contribution in [2.24, 2.45) is 5.92 Å². The number of likely N-dealkylation sites (tertiary alicyclic amines) is 1. The third-order valence-electron chi connectivity index (χ3n) is 3.21. The molecule has 1 amide bonds. The average Bonchev–Trinajstić information content (AvgIpc) is 2.56. The van der Waals surface area contributed by atoms with Crippen molar-refractivity contribution >= 4 is 16.1 Å². The fourth-order valence-electron chi connectivity index (χ4n) is 1.96. The first-order chi connectivity index (χ1) is 7.38. The van der Waals surface area contributed by atoms with Crippen molar-refractivity contribution in [3.63, 3.8) is 0 Å². The van der Waals surface area contributed by atoms with Gasteiger partial charge in [-0.25, -0.2) is 0 Å². The van der Waals surface area contributed by atoms with E-state index in [-0.39, 0.29) is 18.9 Å². The Kier molecular flexibility index (Phi) is 4.29. The van der Waals surface area contributed by atoms with Gasteiger partial charge >= 0.3 is 10.2 Å². The summed E-state index contributed by atoms with van der Waals surface area (Å²) in [4.78, 5) is 13.0. The number of nitrogens with zero attached hydrogens (tertiary/aromatic N) is 1. The van der Waals surface area contributed by atoms with Crippen LogP contribution in [-0.4, -0.2) is 37.6 Å². The van der Waals surface area contributed by atoms with Gasteiger partial charge in [-0.1, -0.05) is 26.7 Å². The number of amides is 1. The Bertz CT molecular complexity index is 351. The Morgan fingerprint density at radius 3 is 2.38 bits per heavy atom. The zero-order valence-corrected chi connectivity index (χ0v) is 10.5. The van der Waals surface area contributed by atoms with Gasteiger partial charge in [-0.3, -0.25) is 4.79 Å². The van der Waals surface area contributed by atoms with Crippen LogP contribution in [-0.2, 0) is 15.0 Å². The molecule has 0 aromatic heterocycles. The lowest BCUT2D eigenvalue weighted by atomic mass is 10.0. The summed E-state index contributed by atoms with van der Waals surface area (Å²) in [5.41, 5.74) is 0. The molecule has 6 heteroatoms. The molecule has 1 aliphatic rings. The number of carbonyl (C=O) groups is 1. The molecule has 94 valence electrons. The number of halogens is 1. The standard InChI is InChI=1S/C10H18FNO3S/c1-3-8(4-2)6-12-7-9(5-10(12)13)16(11,14)15/h8-9H,3-7H2,1-2H3. The predicted molar refractivity (Wildman–Crippen MR) is 59.1 cm³/mol. The first-order valence-corrected chi connectivity index (χ1v) is 7.04. The van der Waals surface area contributed by atoms with Crippen LogP contribution in [0.4, 0.5) is 3.89 Å². The molecule has 4 nitrogen and oxygen atoms in total. The van der Waals surface area contributed by atoms with Crippen molar-refractivity contribution in [3.05, 3.63) is 0 Å². The van der Waals surface area contributed by atoms with Gasteiger partial charge in [0.05, 0.1) is 0 Å². The first-order valence-electron chi connectivity index (χ1n) is 5.59. The predicted octanol–water partition coefficient (Wildman–Crippen LogP) is 1.32. The summed E-state index contributed by atoms with van der Waals surface area (Å²) in [6, 6.07) is 0. The van der Waals surface area contributed by atoms with Crippen molar-refractivity contribution in [3.8, 4) is 0 Å². The van der Waals surface area contributed by atoms with E-state index in [0.717, 1.165) is 12.8 Å². The van der Waals surface area contributed by atoms with Gasteiger partial charge in [0.15, 0.2) is 0 Å². The van der Waals surface area contributed by atoms with Crippen molar-refractivity contribution in [1.29, 1.82) is 0 Å². The molecule has 0 saturated carbocycles. The Hall–Kier alpha value is -0.650. The van der Waals surface area contributed by atoms with Crippen LogP contribution in [0.25, 0.3) is 0 Å². The van der Waals surface area contributed by atoms with Gasteiger partial charge < -0.3 is 4.90 Å². The monoisotopic (exact) mass is 251 g/mol. The minimum absolute atomic E-state index is 0.00810. The molecule has 0 bridgehead atoms. The largest absolute Gasteiger partial charge is 0.341 e. The molecule has 0 spiro atoms. The maximum absolute atomic E-state index is 12.7. The fourth-order valence-corrected chi connectivity index (χ4v) is 2.66. The van der Waals surface area contributed by atoms with Crippen LogP contribution in [0, 0.1) is 5.92 Å². The molecule has 16 heavy (non-hydrogen) atoms. The van der Waals surface area contributed by atoms with Crippen molar-refractivity contribution in [2.45, 2.75) is 38.4 Å². The lowest BCUT2D eigenvalue weighted by Gasteiger charge is -2.21. The van der Waals surface area contributed by atoms with Gasteiger partial charge in [0.2, 0.25) is 5.91 Å². The zero-order valence-electron chi connectivity index (χ0n) is 9.65. The smallest absolute Gasteiger partial charge is 0.307 e. The number of rotatable bonds is 5. The molecule has 0 aromatic carbocycles. The van der Waals surface area contributed by atoms with E-state index in [1.165, 1.54) is 4.90 Å². The molecular formula is C10H18FNO3S. The topological polar surface area (TPSA) is 54.5 Å². The van der Waals surface area contributed by atoms with Crippen LogP contribution in [0.2, 0.25) is 0 Å². The summed E-state index contributed by atoms with van der Waals surface area (Å²) in [5.74, 6) is 0.114. The van der Waals surface area contributed by atoms with E-state index in [4.69, 9.17) is 0 Å². The molecule has 0 aromatic rings.